The van der Waals surface area contributed by atoms with Crippen molar-refractivity contribution in [1.82, 2.24) is 10.2 Å². The number of nitrogens with one attached hydrogen (secondary N) is 2. The normalized spacial score (nSPS) is 15.8. The first-order chi connectivity index (χ1) is 14.7. The van der Waals surface area contributed by atoms with Crippen LogP contribution in [0.5, 0.6) is 5.75 Å². The fourth-order valence-electron chi connectivity index (χ4n) is 3.44. The van der Waals surface area contributed by atoms with Crippen LogP contribution >= 0.6 is 0 Å². The molecule has 1 saturated heterocycles. The Hall–Kier alpha value is -3.23. The highest BCUT2D eigenvalue weighted by molar-refractivity contribution is 5.89. The van der Waals surface area contributed by atoms with E-state index in [1.165, 1.54) is 24.3 Å². The molecule has 0 bridgehead atoms. The maximum atomic E-state index is 12.6. The number of likely N-dealkylation sites (tertiary alicyclic amines) is 1. The van der Waals surface area contributed by atoms with Crippen molar-refractivity contribution < 1.29 is 27.5 Å². The van der Waals surface area contributed by atoms with E-state index in [2.05, 4.69) is 15.4 Å². The smallest absolute Gasteiger partial charge is 0.406 e. The van der Waals surface area contributed by atoms with E-state index < -0.39 is 6.36 Å². The number of piperidine rings is 1. The summed E-state index contributed by atoms with van der Waals surface area (Å²) in [5.74, 6) is -0.668. The molecule has 1 atom stereocenters. The van der Waals surface area contributed by atoms with Crippen molar-refractivity contribution in [3.63, 3.8) is 0 Å². The number of hydrogen-bond acceptors (Lipinski definition) is 3. The van der Waals surface area contributed by atoms with Crippen LogP contribution in [0.15, 0.2) is 54.6 Å². The van der Waals surface area contributed by atoms with E-state index in [1.54, 1.807) is 24.0 Å². The molecular formula is C22H24F3N3O3. The predicted octanol–water partition coefficient (Wildman–Crippen LogP) is 4.71. The second kappa shape index (κ2) is 9.72. The van der Waals surface area contributed by atoms with Crippen LogP contribution in [0.2, 0.25) is 0 Å². The van der Waals surface area contributed by atoms with Gasteiger partial charge in [0.05, 0.1) is 6.04 Å². The number of alkyl halides is 3. The van der Waals surface area contributed by atoms with Crippen LogP contribution < -0.4 is 15.4 Å². The fourth-order valence-corrected chi connectivity index (χ4v) is 3.44. The second-order valence-electron chi connectivity index (χ2n) is 7.40. The van der Waals surface area contributed by atoms with Gasteiger partial charge in [-0.25, -0.2) is 4.79 Å². The van der Waals surface area contributed by atoms with Crippen LogP contribution in [-0.2, 0) is 4.79 Å². The molecule has 1 aliphatic heterocycles. The molecule has 0 spiro atoms. The van der Waals surface area contributed by atoms with Gasteiger partial charge in [-0.3, -0.25) is 4.79 Å². The highest BCUT2D eigenvalue weighted by atomic mass is 19.4. The number of carbonyl (C=O) groups is 2. The van der Waals surface area contributed by atoms with E-state index in [0.29, 0.717) is 37.2 Å². The third-order valence-corrected chi connectivity index (χ3v) is 5.15. The zero-order chi connectivity index (χ0) is 22.4. The topological polar surface area (TPSA) is 70.7 Å². The number of nitrogens with zero attached hydrogens (tertiary/aromatic N) is 1. The lowest BCUT2D eigenvalue weighted by Crippen LogP contribution is -2.44. The summed E-state index contributed by atoms with van der Waals surface area (Å²) < 4.78 is 40.6. The molecule has 1 fully saturated rings. The van der Waals surface area contributed by atoms with Gasteiger partial charge < -0.3 is 20.3 Å². The number of anilines is 1. The summed E-state index contributed by atoms with van der Waals surface area (Å²) in [6.07, 6.45) is -3.66. The molecule has 3 rings (SSSR count). The molecule has 0 aromatic heterocycles. The van der Waals surface area contributed by atoms with Crippen molar-refractivity contribution in [2.75, 3.05) is 18.4 Å². The monoisotopic (exact) mass is 435 g/mol. The molecule has 0 aliphatic carbocycles. The van der Waals surface area contributed by atoms with Crippen molar-refractivity contribution >= 4 is 17.6 Å². The number of hydrogen-bond donors (Lipinski definition) is 2. The number of para-hydroxylation sites is 1. The average Bonchev–Trinajstić information content (AvgIpc) is 2.74. The zero-order valence-electron chi connectivity index (χ0n) is 17.0. The Morgan fingerprint density at radius 3 is 2.23 bits per heavy atom. The summed E-state index contributed by atoms with van der Waals surface area (Å²) in [4.78, 5) is 26.6. The van der Waals surface area contributed by atoms with E-state index in [-0.39, 0.29) is 29.6 Å². The molecule has 166 valence electrons. The Balaban J connectivity index is 1.46. The average molecular weight is 435 g/mol. The van der Waals surface area contributed by atoms with Gasteiger partial charge in [-0.15, -0.1) is 13.2 Å². The Labute approximate surface area is 178 Å². The minimum Gasteiger partial charge on any atom is -0.406 e. The largest absolute Gasteiger partial charge is 0.573 e. The van der Waals surface area contributed by atoms with Crippen LogP contribution in [-0.4, -0.2) is 36.3 Å². The first-order valence-electron chi connectivity index (χ1n) is 9.98. The molecule has 31 heavy (non-hydrogen) atoms. The van der Waals surface area contributed by atoms with Crippen LogP contribution in [0.4, 0.5) is 23.7 Å². The van der Waals surface area contributed by atoms with Gasteiger partial charge in [0.1, 0.15) is 5.75 Å². The van der Waals surface area contributed by atoms with Crippen LogP contribution in [0, 0.1) is 5.92 Å². The number of ether oxygens (including phenoxy) is 1. The van der Waals surface area contributed by atoms with Crippen LogP contribution in [0.25, 0.3) is 0 Å². The lowest BCUT2D eigenvalue weighted by atomic mass is 9.95. The minimum atomic E-state index is -4.74. The zero-order valence-corrected chi connectivity index (χ0v) is 17.0. The lowest BCUT2D eigenvalue weighted by Gasteiger charge is -2.32. The number of carbonyl (C=O) groups excluding carboxylic acids is 2. The summed E-state index contributed by atoms with van der Waals surface area (Å²) >= 11 is 0. The quantitative estimate of drug-likeness (QED) is 0.715. The standard InChI is InChI=1S/C22H24F3N3O3/c1-15(16-7-9-19(10-8-16)31-22(23,24)25)26-20(29)17-11-13-28(14-12-17)21(30)27-18-5-3-2-4-6-18/h2-10,15,17H,11-14H2,1H3,(H,26,29)(H,27,30). The molecule has 1 unspecified atom stereocenters. The molecule has 6 nitrogen and oxygen atoms in total. The minimum absolute atomic E-state index is 0.133. The van der Waals surface area contributed by atoms with E-state index in [0.717, 1.165) is 0 Å². The van der Waals surface area contributed by atoms with Gasteiger partial charge in [0, 0.05) is 24.7 Å². The molecule has 2 N–H and O–H groups in total. The Morgan fingerprint density at radius 1 is 1.03 bits per heavy atom. The highest BCUT2D eigenvalue weighted by Gasteiger charge is 2.31. The van der Waals surface area contributed by atoms with E-state index in [1.807, 2.05) is 18.2 Å². The molecule has 2 aromatic carbocycles. The molecule has 1 heterocycles. The number of halogens is 3. The lowest BCUT2D eigenvalue weighted by molar-refractivity contribution is -0.274. The highest BCUT2D eigenvalue weighted by Crippen LogP contribution is 2.25. The van der Waals surface area contributed by atoms with Crippen LogP contribution in [0.3, 0.4) is 0 Å². The molecular weight excluding hydrogens is 411 g/mol. The van der Waals surface area contributed by atoms with Crippen molar-refractivity contribution in [3.8, 4) is 5.75 Å². The summed E-state index contributed by atoms with van der Waals surface area (Å²) in [7, 11) is 0. The molecule has 3 amide bonds. The van der Waals surface area contributed by atoms with Gasteiger partial charge in [0.25, 0.3) is 0 Å². The van der Waals surface area contributed by atoms with Gasteiger partial charge in [0.2, 0.25) is 5.91 Å². The van der Waals surface area contributed by atoms with Gasteiger partial charge >= 0.3 is 12.4 Å². The van der Waals surface area contributed by atoms with Gasteiger partial charge in [-0.05, 0) is 49.6 Å². The van der Waals surface area contributed by atoms with Crippen molar-refractivity contribution in [3.05, 3.63) is 60.2 Å². The SMILES string of the molecule is CC(NC(=O)C1CCN(C(=O)Nc2ccccc2)CC1)c1ccc(OC(F)(F)F)cc1. The fraction of sp³-hybridized carbons (Fsp3) is 0.364. The van der Waals surface area contributed by atoms with E-state index in [9.17, 15) is 22.8 Å². The molecule has 1 aliphatic rings. The van der Waals surface area contributed by atoms with E-state index in [4.69, 9.17) is 0 Å². The van der Waals surface area contributed by atoms with Gasteiger partial charge in [-0.1, -0.05) is 30.3 Å². The number of urea groups is 1. The van der Waals surface area contributed by atoms with Gasteiger partial charge in [0.15, 0.2) is 0 Å². The van der Waals surface area contributed by atoms with E-state index >= 15 is 0 Å². The van der Waals surface area contributed by atoms with Crippen LogP contribution in [0.1, 0.15) is 31.4 Å². The molecule has 9 heteroatoms. The van der Waals surface area contributed by atoms with Crippen molar-refractivity contribution in [1.29, 1.82) is 0 Å². The number of benzene rings is 2. The predicted molar refractivity (Wildman–Crippen MR) is 109 cm³/mol. The number of rotatable bonds is 5. The Morgan fingerprint density at radius 2 is 1.65 bits per heavy atom. The molecule has 0 saturated carbocycles. The summed E-state index contributed by atoms with van der Waals surface area (Å²) in [5, 5.41) is 5.73. The summed E-state index contributed by atoms with van der Waals surface area (Å²) in [6, 6.07) is 14.0. The summed E-state index contributed by atoms with van der Waals surface area (Å²) in [6.45, 7) is 2.70. The summed E-state index contributed by atoms with van der Waals surface area (Å²) in [5.41, 5.74) is 1.38. The number of amides is 3. The third-order valence-electron chi connectivity index (χ3n) is 5.15. The maximum Gasteiger partial charge on any atom is 0.573 e. The molecule has 0 radical (unpaired) electrons. The second-order valence-corrected chi connectivity index (χ2v) is 7.40. The molecule has 2 aromatic rings. The van der Waals surface area contributed by atoms with Crippen molar-refractivity contribution in [2.24, 2.45) is 5.92 Å². The van der Waals surface area contributed by atoms with Crippen molar-refractivity contribution in [2.45, 2.75) is 32.2 Å². The first-order valence-corrected chi connectivity index (χ1v) is 9.98. The Bertz CT molecular complexity index is 880. The third kappa shape index (κ3) is 6.63. The first kappa shape index (κ1) is 22.5. The maximum absolute atomic E-state index is 12.6. The van der Waals surface area contributed by atoms with Gasteiger partial charge in [-0.2, -0.15) is 0 Å². The Kier molecular flexibility index (Phi) is 7.04.